The van der Waals surface area contributed by atoms with E-state index in [0.29, 0.717) is 6.42 Å². The second-order valence-electron chi connectivity index (χ2n) is 3.93. The molecule has 1 aromatic heterocycles. The average Bonchev–Trinajstić information content (AvgIpc) is 2.80. The van der Waals surface area contributed by atoms with Gasteiger partial charge in [-0.05, 0) is 41.5 Å². The van der Waals surface area contributed by atoms with E-state index in [1.165, 1.54) is 16.5 Å². The maximum absolute atomic E-state index is 13.6. The van der Waals surface area contributed by atoms with Crippen LogP contribution in [-0.4, -0.2) is 0 Å². The van der Waals surface area contributed by atoms with Crippen molar-refractivity contribution >= 4 is 27.3 Å². The van der Waals surface area contributed by atoms with Gasteiger partial charge in [-0.3, -0.25) is 0 Å². The predicted molar refractivity (Wildman–Crippen MR) is 75.5 cm³/mol. The molecule has 2 aromatic rings. The maximum Gasteiger partial charge on any atom is 0.126 e. The summed E-state index contributed by atoms with van der Waals surface area (Å²) < 4.78 is 13.6. The molecule has 0 N–H and O–H groups in total. The molecule has 0 aliphatic carbocycles. The second kappa shape index (κ2) is 5.78. The Labute approximate surface area is 114 Å². The van der Waals surface area contributed by atoms with Gasteiger partial charge in [-0.15, -0.1) is 11.3 Å². The zero-order chi connectivity index (χ0) is 12.3. The van der Waals surface area contributed by atoms with Crippen LogP contribution >= 0.6 is 27.3 Å². The highest BCUT2D eigenvalue weighted by molar-refractivity contribution is 9.09. The topological polar surface area (TPSA) is 0 Å². The van der Waals surface area contributed by atoms with Gasteiger partial charge >= 0.3 is 0 Å². The van der Waals surface area contributed by atoms with Crippen LogP contribution in [0.15, 0.2) is 35.7 Å². The zero-order valence-corrected chi connectivity index (χ0v) is 12.0. The van der Waals surface area contributed by atoms with Crippen molar-refractivity contribution in [1.29, 1.82) is 0 Å². The number of rotatable bonds is 4. The SMILES string of the molecule is CCc1ccsc1C(Br)Cc1ccccc1F. The summed E-state index contributed by atoms with van der Waals surface area (Å²) in [5, 5.41) is 2.10. The van der Waals surface area contributed by atoms with Gasteiger partial charge in [-0.1, -0.05) is 41.1 Å². The first-order chi connectivity index (χ1) is 8.22. The Kier molecular flexibility index (Phi) is 4.35. The monoisotopic (exact) mass is 312 g/mol. The molecule has 3 heteroatoms. The van der Waals surface area contributed by atoms with Crippen molar-refractivity contribution in [2.75, 3.05) is 0 Å². The Hall–Kier alpha value is -0.670. The number of aryl methyl sites for hydroxylation is 1. The smallest absolute Gasteiger partial charge is 0.126 e. The van der Waals surface area contributed by atoms with E-state index in [1.807, 2.05) is 12.1 Å². The van der Waals surface area contributed by atoms with Crippen LogP contribution in [0.4, 0.5) is 4.39 Å². The third-order valence-corrected chi connectivity index (χ3v) is 4.96. The Balaban J connectivity index is 2.17. The van der Waals surface area contributed by atoms with E-state index in [0.717, 1.165) is 12.0 Å². The molecule has 0 nitrogen and oxygen atoms in total. The molecule has 90 valence electrons. The number of halogens is 2. The lowest BCUT2D eigenvalue weighted by Crippen LogP contribution is -1.98. The molecule has 1 heterocycles. The fourth-order valence-electron chi connectivity index (χ4n) is 1.86. The Morgan fingerprint density at radius 1 is 1.24 bits per heavy atom. The second-order valence-corrected chi connectivity index (χ2v) is 5.98. The highest BCUT2D eigenvalue weighted by atomic mass is 79.9. The summed E-state index contributed by atoms with van der Waals surface area (Å²) in [5.74, 6) is -0.119. The molecular weight excluding hydrogens is 299 g/mol. The lowest BCUT2D eigenvalue weighted by atomic mass is 10.1. The number of hydrogen-bond donors (Lipinski definition) is 0. The van der Waals surface area contributed by atoms with Crippen LogP contribution in [0.5, 0.6) is 0 Å². The average molecular weight is 313 g/mol. The minimum Gasteiger partial charge on any atom is -0.207 e. The molecule has 0 amide bonds. The lowest BCUT2D eigenvalue weighted by molar-refractivity contribution is 0.608. The summed E-state index contributed by atoms with van der Waals surface area (Å²) in [5.41, 5.74) is 2.12. The largest absolute Gasteiger partial charge is 0.207 e. The fourth-order valence-corrected chi connectivity index (χ4v) is 3.80. The van der Waals surface area contributed by atoms with Gasteiger partial charge in [0, 0.05) is 4.88 Å². The van der Waals surface area contributed by atoms with Gasteiger partial charge in [-0.25, -0.2) is 4.39 Å². The van der Waals surface area contributed by atoms with Gasteiger partial charge < -0.3 is 0 Å². The molecule has 0 bridgehead atoms. The van der Waals surface area contributed by atoms with Crippen molar-refractivity contribution in [3.8, 4) is 0 Å². The molecule has 1 unspecified atom stereocenters. The van der Waals surface area contributed by atoms with Crippen LogP contribution in [0.2, 0.25) is 0 Å². The molecule has 1 atom stereocenters. The number of alkyl halides is 1. The van der Waals surface area contributed by atoms with Crippen LogP contribution in [0, 0.1) is 5.82 Å². The van der Waals surface area contributed by atoms with E-state index in [9.17, 15) is 4.39 Å². The standard InChI is InChI=1S/C14H14BrFS/c1-2-10-7-8-17-14(10)12(15)9-11-5-3-4-6-13(11)16/h3-8,12H,2,9H2,1H3. The first-order valence-electron chi connectivity index (χ1n) is 5.66. The van der Waals surface area contributed by atoms with Crippen LogP contribution in [0.25, 0.3) is 0 Å². The van der Waals surface area contributed by atoms with Crippen LogP contribution < -0.4 is 0 Å². The van der Waals surface area contributed by atoms with Gasteiger partial charge in [0.2, 0.25) is 0 Å². The van der Waals surface area contributed by atoms with Crippen molar-refractivity contribution in [2.24, 2.45) is 0 Å². The third-order valence-electron chi connectivity index (χ3n) is 2.80. The summed E-state index contributed by atoms with van der Waals surface area (Å²) >= 11 is 5.41. The van der Waals surface area contributed by atoms with Crippen LogP contribution in [-0.2, 0) is 12.8 Å². The molecule has 0 aliphatic rings. The van der Waals surface area contributed by atoms with E-state index in [-0.39, 0.29) is 10.6 Å². The molecule has 0 fully saturated rings. The van der Waals surface area contributed by atoms with Crippen LogP contribution in [0.3, 0.4) is 0 Å². The third kappa shape index (κ3) is 2.96. The summed E-state index contributed by atoms with van der Waals surface area (Å²) in [6, 6.07) is 9.13. The molecule has 0 aliphatic heterocycles. The van der Waals surface area contributed by atoms with Gasteiger partial charge in [0.25, 0.3) is 0 Å². The molecule has 0 saturated heterocycles. The van der Waals surface area contributed by atoms with Crippen molar-refractivity contribution < 1.29 is 4.39 Å². The summed E-state index contributed by atoms with van der Waals surface area (Å²) in [4.78, 5) is 1.52. The van der Waals surface area contributed by atoms with Gasteiger partial charge in [0.1, 0.15) is 5.82 Å². The van der Waals surface area contributed by atoms with E-state index in [2.05, 4.69) is 34.3 Å². The number of benzene rings is 1. The molecule has 17 heavy (non-hydrogen) atoms. The number of hydrogen-bond acceptors (Lipinski definition) is 1. The lowest BCUT2D eigenvalue weighted by Gasteiger charge is -2.11. The summed E-state index contributed by atoms with van der Waals surface area (Å²) in [6.45, 7) is 2.15. The quantitative estimate of drug-likeness (QED) is 0.687. The molecule has 1 aromatic carbocycles. The zero-order valence-electron chi connectivity index (χ0n) is 9.62. The normalized spacial score (nSPS) is 12.6. The Bertz CT molecular complexity index is 492. The van der Waals surface area contributed by atoms with Crippen molar-refractivity contribution in [3.05, 3.63) is 57.5 Å². The highest BCUT2D eigenvalue weighted by Gasteiger charge is 2.15. The molecular formula is C14H14BrFS. The van der Waals surface area contributed by atoms with Gasteiger partial charge in [-0.2, -0.15) is 0 Å². The van der Waals surface area contributed by atoms with Crippen LogP contribution in [0.1, 0.15) is 27.8 Å². The predicted octanol–water partition coefficient (Wildman–Crippen LogP) is 5.13. The molecule has 0 spiro atoms. The van der Waals surface area contributed by atoms with E-state index in [1.54, 1.807) is 17.4 Å². The molecule has 0 saturated carbocycles. The van der Waals surface area contributed by atoms with Crippen molar-refractivity contribution in [2.45, 2.75) is 24.6 Å². The molecule has 2 rings (SSSR count). The number of thiophene rings is 1. The Morgan fingerprint density at radius 2 is 2.00 bits per heavy atom. The first kappa shape index (κ1) is 12.8. The van der Waals surface area contributed by atoms with Crippen molar-refractivity contribution in [1.82, 2.24) is 0 Å². The maximum atomic E-state index is 13.6. The van der Waals surface area contributed by atoms with Gasteiger partial charge in [0.05, 0.1) is 4.83 Å². The van der Waals surface area contributed by atoms with E-state index < -0.39 is 0 Å². The van der Waals surface area contributed by atoms with Gasteiger partial charge in [0.15, 0.2) is 0 Å². The van der Waals surface area contributed by atoms with E-state index in [4.69, 9.17) is 0 Å². The highest BCUT2D eigenvalue weighted by Crippen LogP contribution is 2.34. The Morgan fingerprint density at radius 3 is 2.71 bits per heavy atom. The van der Waals surface area contributed by atoms with Crippen molar-refractivity contribution in [3.63, 3.8) is 0 Å². The first-order valence-corrected chi connectivity index (χ1v) is 7.45. The summed E-state index contributed by atoms with van der Waals surface area (Å²) in [6.07, 6.45) is 1.72. The minimum absolute atomic E-state index is 0.119. The summed E-state index contributed by atoms with van der Waals surface area (Å²) in [7, 11) is 0. The van der Waals surface area contributed by atoms with E-state index >= 15 is 0 Å². The minimum atomic E-state index is -0.119. The fraction of sp³-hybridized carbons (Fsp3) is 0.286. The molecule has 0 radical (unpaired) electrons.